The van der Waals surface area contributed by atoms with E-state index in [2.05, 4.69) is 5.32 Å². The van der Waals surface area contributed by atoms with Crippen LogP contribution in [0.3, 0.4) is 0 Å². The molecule has 1 atom stereocenters. The van der Waals surface area contributed by atoms with E-state index in [4.69, 9.17) is 25.8 Å². The fraction of sp³-hybridized carbons (Fsp3) is 0.318. The second-order valence-electron chi connectivity index (χ2n) is 6.75. The maximum Gasteiger partial charge on any atom is 1.00 e. The Kier molecular flexibility index (Phi) is 12.3. The average molecular weight is 458 g/mol. The number of carbonyl (C=O) groups is 3. The zero-order chi connectivity index (χ0) is 21.9. The summed E-state index contributed by atoms with van der Waals surface area (Å²) >= 11 is 5.77. The zero-order valence-corrected chi connectivity index (χ0v) is 20.6. The van der Waals surface area contributed by atoms with Crippen LogP contribution in [0.25, 0.3) is 0 Å². The van der Waals surface area contributed by atoms with Gasteiger partial charge in [-0.15, -0.1) is 0 Å². The van der Waals surface area contributed by atoms with Gasteiger partial charge >= 0.3 is 47.6 Å². The first-order chi connectivity index (χ1) is 14.3. The number of carbonyl (C=O) groups excluding carboxylic acids is 3. The molecule has 2 aromatic carbocycles. The number of rotatable bonds is 9. The zero-order valence-electron chi connectivity index (χ0n) is 18.8. The molecule has 0 saturated heterocycles. The Morgan fingerprint density at radius 1 is 1.00 bits per heavy atom. The number of nitrogens with one attached hydrogen (secondary N) is 1. The van der Waals surface area contributed by atoms with Crippen LogP contribution >= 0.6 is 11.6 Å². The molecule has 1 amide bonds. The van der Waals surface area contributed by atoms with Crippen molar-refractivity contribution in [3.8, 4) is 5.75 Å². The first-order valence-corrected chi connectivity index (χ1v) is 9.89. The summed E-state index contributed by atoms with van der Waals surface area (Å²) in [6.07, 6.45) is -1.30. The molecule has 0 aliphatic carbocycles. The summed E-state index contributed by atoms with van der Waals surface area (Å²) in [5.41, 5.74) is 0.367. The first kappa shape index (κ1) is 27.0. The number of ether oxygens (including phenoxy) is 3. The van der Waals surface area contributed by atoms with E-state index in [0.717, 1.165) is 0 Å². The van der Waals surface area contributed by atoms with E-state index in [9.17, 15) is 14.4 Å². The molecule has 0 radical (unpaired) electrons. The van der Waals surface area contributed by atoms with Crippen molar-refractivity contribution in [3.63, 3.8) is 0 Å². The maximum atomic E-state index is 12.2. The summed E-state index contributed by atoms with van der Waals surface area (Å²) < 4.78 is 15.6. The summed E-state index contributed by atoms with van der Waals surface area (Å²) in [6.45, 7) is 3.73. The fourth-order valence-electron chi connectivity index (χ4n) is 2.30. The fourth-order valence-corrected chi connectivity index (χ4v) is 2.43. The smallest absolute Gasteiger partial charge is 1.00 e. The molecule has 2 rings (SSSR count). The van der Waals surface area contributed by atoms with Crippen molar-refractivity contribution >= 4 is 29.6 Å². The molecule has 7 nitrogen and oxygen atoms in total. The molecule has 1 unspecified atom stereocenters. The summed E-state index contributed by atoms with van der Waals surface area (Å²) in [7, 11) is 0. The van der Waals surface area contributed by atoms with Crippen molar-refractivity contribution < 1.29 is 59.6 Å². The normalized spacial score (nSPS) is 11.1. The summed E-state index contributed by atoms with van der Waals surface area (Å²) in [6, 6.07) is 14.9. The number of benzene rings is 2. The van der Waals surface area contributed by atoms with Gasteiger partial charge in [-0.3, -0.25) is 4.79 Å². The van der Waals surface area contributed by atoms with Gasteiger partial charge in [0.25, 0.3) is 6.29 Å². The van der Waals surface area contributed by atoms with Gasteiger partial charge in [0.15, 0.2) is 0 Å². The number of hydrogen-bond acceptors (Lipinski definition) is 6. The van der Waals surface area contributed by atoms with Crippen LogP contribution in [0, 0.1) is 5.92 Å². The van der Waals surface area contributed by atoms with Gasteiger partial charge in [0.2, 0.25) is 0 Å². The molecule has 0 aliphatic rings. The predicted molar refractivity (Wildman–Crippen MR) is 112 cm³/mol. The molecule has 2 aromatic rings. The minimum atomic E-state index is -1.03. The third-order valence-corrected chi connectivity index (χ3v) is 4.12. The van der Waals surface area contributed by atoms with Crippen LogP contribution in [0.4, 0.5) is 4.79 Å². The third-order valence-electron chi connectivity index (χ3n) is 3.87. The van der Waals surface area contributed by atoms with E-state index in [1.807, 2.05) is 0 Å². The molecule has 0 heterocycles. The van der Waals surface area contributed by atoms with Gasteiger partial charge < -0.3 is 21.0 Å². The van der Waals surface area contributed by atoms with Crippen molar-refractivity contribution in [2.45, 2.75) is 33.0 Å². The first-order valence-electron chi connectivity index (χ1n) is 9.52. The van der Waals surface area contributed by atoms with Crippen molar-refractivity contribution in [3.05, 3.63) is 65.2 Å². The number of esters is 2. The third kappa shape index (κ3) is 10.2. The van der Waals surface area contributed by atoms with E-state index in [1.165, 1.54) is 0 Å². The Bertz CT molecular complexity index is 851. The second kappa shape index (κ2) is 14.1. The van der Waals surface area contributed by atoms with E-state index in [0.29, 0.717) is 22.8 Å². The Labute approximate surface area is 210 Å². The quantitative estimate of drug-likeness (QED) is 0.203. The van der Waals surface area contributed by atoms with Gasteiger partial charge in [-0.1, -0.05) is 43.6 Å². The van der Waals surface area contributed by atoms with Crippen molar-refractivity contribution in [1.82, 2.24) is 5.32 Å². The van der Waals surface area contributed by atoms with Crippen LogP contribution in [0.5, 0.6) is 5.75 Å². The standard InChI is InChI=1S/C22H24ClNO6.Na.H/c1-15(2)21(29-20(26)16-7-4-3-5-8-16)30-22(27)24-14-6-9-19(25)28-18-12-10-17(23)11-13-18;;/h3-5,7-8,10-13,15,21H,6,9,14H2,1-2H3,(H,24,27);;/q;+1;-1. The summed E-state index contributed by atoms with van der Waals surface area (Å²) in [4.78, 5) is 36.0. The van der Waals surface area contributed by atoms with Crippen LogP contribution in [-0.2, 0) is 14.3 Å². The Balaban J connectivity index is 0.00000480. The van der Waals surface area contributed by atoms with Gasteiger partial charge in [0, 0.05) is 23.9 Å². The Hall–Kier alpha value is -2.06. The molecule has 0 spiro atoms. The number of halogens is 1. The average Bonchev–Trinajstić information content (AvgIpc) is 2.73. The van der Waals surface area contributed by atoms with E-state index in [1.54, 1.807) is 68.4 Å². The minimum absolute atomic E-state index is 0. The largest absolute Gasteiger partial charge is 1.00 e. The van der Waals surface area contributed by atoms with Crippen LogP contribution in [-0.4, -0.2) is 30.9 Å². The summed E-state index contributed by atoms with van der Waals surface area (Å²) in [5.74, 6) is -0.842. The predicted octanol–water partition coefficient (Wildman–Crippen LogP) is 1.71. The van der Waals surface area contributed by atoms with Gasteiger partial charge in [-0.2, -0.15) is 0 Å². The Morgan fingerprint density at radius 3 is 2.26 bits per heavy atom. The van der Waals surface area contributed by atoms with Crippen LogP contribution in [0.2, 0.25) is 5.02 Å². The number of hydrogen-bond donors (Lipinski definition) is 1. The summed E-state index contributed by atoms with van der Waals surface area (Å²) in [5, 5.41) is 3.08. The molecular weight excluding hydrogens is 433 g/mol. The molecule has 0 fully saturated rings. The monoisotopic (exact) mass is 457 g/mol. The van der Waals surface area contributed by atoms with Gasteiger partial charge in [0.1, 0.15) is 5.75 Å². The molecule has 1 N–H and O–H groups in total. The maximum absolute atomic E-state index is 12.2. The van der Waals surface area contributed by atoms with Gasteiger partial charge in [0.05, 0.1) is 5.56 Å². The molecule has 31 heavy (non-hydrogen) atoms. The SMILES string of the molecule is CC(C)C(OC(=O)NCCCC(=O)Oc1ccc(Cl)cc1)OC(=O)c1ccccc1.[H-].[Na+]. The van der Waals surface area contributed by atoms with Crippen LogP contribution < -0.4 is 39.6 Å². The molecular formula is C22H25ClNNaO6. The van der Waals surface area contributed by atoms with Gasteiger partial charge in [-0.05, 0) is 42.8 Å². The van der Waals surface area contributed by atoms with Crippen LogP contribution in [0.1, 0.15) is 38.5 Å². The van der Waals surface area contributed by atoms with Crippen molar-refractivity contribution in [1.29, 1.82) is 0 Å². The minimum Gasteiger partial charge on any atom is -1.00 e. The number of amides is 1. The molecule has 0 aromatic heterocycles. The second-order valence-corrected chi connectivity index (χ2v) is 7.18. The van der Waals surface area contributed by atoms with Crippen molar-refractivity contribution in [2.75, 3.05) is 6.54 Å². The van der Waals surface area contributed by atoms with E-state index in [-0.39, 0.29) is 49.9 Å². The van der Waals surface area contributed by atoms with Gasteiger partial charge in [-0.25, -0.2) is 9.59 Å². The molecule has 0 saturated carbocycles. The van der Waals surface area contributed by atoms with Crippen molar-refractivity contribution in [2.24, 2.45) is 5.92 Å². The molecule has 0 aliphatic heterocycles. The topological polar surface area (TPSA) is 90.9 Å². The molecule has 0 bridgehead atoms. The van der Waals surface area contributed by atoms with Crippen LogP contribution in [0.15, 0.2) is 54.6 Å². The number of alkyl carbamates (subject to hydrolysis) is 1. The molecule has 9 heteroatoms. The van der Waals surface area contributed by atoms with E-state index < -0.39 is 24.3 Å². The molecule has 162 valence electrons. The Morgan fingerprint density at radius 2 is 1.65 bits per heavy atom. The van der Waals surface area contributed by atoms with E-state index >= 15 is 0 Å².